The van der Waals surface area contributed by atoms with Crippen molar-refractivity contribution in [3.05, 3.63) is 50.9 Å². The van der Waals surface area contributed by atoms with E-state index >= 15 is 0 Å². The zero-order valence-corrected chi connectivity index (χ0v) is 12.3. The summed E-state index contributed by atoms with van der Waals surface area (Å²) in [7, 11) is 3.05. The van der Waals surface area contributed by atoms with Crippen LogP contribution < -0.4 is 15.0 Å². The van der Waals surface area contributed by atoms with Crippen molar-refractivity contribution in [2.75, 3.05) is 14.2 Å². The van der Waals surface area contributed by atoms with Crippen molar-refractivity contribution in [3.8, 4) is 11.8 Å². The molecular weight excluding hydrogens is 280 g/mol. The lowest BCUT2D eigenvalue weighted by molar-refractivity contribution is 0.347. The predicted molar refractivity (Wildman–Crippen MR) is 76.9 cm³/mol. The summed E-state index contributed by atoms with van der Waals surface area (Å²) in [5.41, 5.74) is 1.21. The van der Waals surface area contributed by atoms with E-state index in [0.29, 0.717) is 16.5 Å². The van der Waals surface area contributed by atoms with Crippen LogP contribution in [0.25, 0.3) is 0 Å². The van der Waals surface area contributed by atoms with Crippen LogP contribution in [0.2, 0.25) is 5.02 Å². The molecule has 0 saturated heterocycles. The molecule has 106 valence electrons. The van der Waals surface area contributed by atoms with E-state index in [1.165, 1.54) is 17.7 Å². The highest BCUT2D eigenvalue weighted by Gasteiger charge is 2.11. The maximum Gasteiger partial charge on any atom is 0.299 e. The molecule has 0 aliphatic rings. The minimum absolute atomic E-state index is 0.184. The van der Waals surface area contributed by atoms with Crippen molar-refractivity contribution in [1.29, 1.82) is 0 Å². The standard InChI is InChI=1S/C14H15ClN2O3/c1-9-6-13(18)17(14(16-9)20-3)8-10-7-11(15)4-5-12(10)19-2/h4-7H,8H2,1-3H3. The molecule has 0 spiro atoms. The summed E-state index contributed by atoms with van der Waals surface area (Å²) in [6, 6.07) is 6.97. The van der Waals surface area contributed by atoms with Crippen molar-refractivity contribution < 1.29 is 9.47 Å². The molecule has 0 atom stereocenters. The van der Waals surface area contributed by atoms with Gasteiger partial charge in [-0.25, -0.2) is 4.98 Å². The molecule has 0 saturated carbocycles. The molecule has 2 rings (SSSR count). The molecule has 2 aromatic rings. The molecule has 0 radical (unpaired) electrons. The minimum Gasteiger partial charge on any atom is -0.496 e. The zero-order valence-electron chi connectivity index (χ0n) is 11.5. The van der Waals surface area contributed by atoms with Crippen LogP contribution in [0.4, 0.5) is 0 Å². The van der Waals surface area contributed by atoms with E-state index in [2.05, 4.69) is 4.98 Å². The van der Waals surface area contributed by atoms with E-state index in [-0.39, 0.29) is 18.1 Å². The van der Waals surface area contributed by atoms with Gasteiger partial charge in [0.2, 0.25) is 0 Å². The van der Waals surface area contributed by atoms with Gasteiger partial charge < -0.3 is 9.47 Å². The highest BCUT2D eigenvalue weighted by molar-refractivity contribution is 6.30. The number of nitrogens with zero attached hydrogens (tertiary/aromatic N) is 2. The fourth-order valence-electron chi connectivity index (χ4n) is 1.94. The highest BCUT2D eigenvalue weighted by Crippen LogP contribution is 2.24. The molecular formula is C14H15ClN2O3. The van der Waals surface area contributed by atoms with Gasteiger partial charge in [-0.15, -0.1) is 0 Å². The van der Waals surface area contributed by atoms with Crippen molar-refractivity contribution in [2.45, 2.75) is 13.5 Å². The molecule has 6 heteroatoms. The first-order chi connectivity index (χ1) is 9.55. The highest BCUT2D eigenvalue weighted by atomic mass is 35.5. The third-order valence-electron chi connectivity index (χ3n) is 2.85. The third kappa shape index (κ3) is 2.93. The SMILES string of the molecule is COc1ccc(Cl)cc1Cn1c(OC)nc(C)cc1=O. The van der Waals surface area contributed by atoms with Crippen LogP contribution in [0.1, 0.15) is 11.3 Å². The van der Waals surface area contributed by atoms with Gasteiger partial charge in [-0.1, -0.05) is 11.6 Å². The molecule has 0 fully saturated rings. The molecule has 1 heterocycles. The van der Waals surface area contributed by atoms with Gasteiger partial charge in [0, 0.05) is 22.3 Å². The predicted octanol–water partition coefficient (Wildman–Crippen LogP) is 2.27. The Morgan fingerprint density at radius 1 is 1.25 bits per heavy atom. The Hall–Kier alpha value is -2.01. The van der Waals surface area contributed by atoms with Gasteiger partial charge in [0.15, 0.2) is 0 Å². The first-order valence-electron chi connectivity index (χ1n) is 6.00. The Kier molecular flexibility index (Phi) is 4.29. The Balaban J connectivity index is 2.50. The molecule has 0 unspecified atom stereocenters. The van der Waals surface area contributed by atoms with Crippen LogP contribution in [0.5, 0.6) is 11.8 Å². The number of rotatable bonds is 4. The summed E-state index contributed by atoms with van der Waals surface area (Å²) in [6.45, 7) is 2.02. The van der Waals surface area contributed by atoms with Gasteiger partial charge >= 0.3 is 0 Å². The van der Waals surface area contributed by atoms with Crippen molar-refractivity contribution >= 4 is 11.6 Å². The van der Waals surface area contributed by atoms with E-state index < -0.39 is 0 Å². The average Bonchev–Trinajstić information content (AvgIpc) is 2.41. The quantitative estimate of drug-likeness (QED) is 0.868. The normalized spacial score (nSPS) is 10.4. The van der Waals surface area contributed by atoms with E-state index in [4.69, 9.17) is 21.1 Å². The zero-order chi connectivity index (χ0) is 14.7. The Labute approximate surface area is 121 Å². The summed E-state index contributed by atoms with van der Waals surface area (Å²) in [5.74, 6) is 0.656. The summed E-state index contributed by atoms with van der Waals surface area (Å²) in [5, 5.41) is 0.577. The van der Waals surface area contributed by atoms with E-state index in [9.17, 15) is 4.79 Å². The summed E-state index contributed by atoms with van der Waals surface area (Å²) in [6.07, 6.45) is 0. The number of benzene rings is 1. The van der Waals surface area contributed by atoms with E-state index in [1.54, 1.807) is 32.2 Å². The Bertz CT molecular complexity index is 683. The minimum atomic E-state index is -0.184. The molecule has 0 bridgehead atoms. The molecule has 0 N–H and O–H groups in total. The van der Waals surface area contributed by atoms with Crippen molar-refractivity contribution in [1.82, 2.24) is 9.55 Å². The second kappa shape index (κ2) is 5.96. The second-order valence-electron chi connectivity index (χ2n) is 4.26. The topological polar surface area (TPSA) is 53.4 Å². The van der Waals surface area contributed by atoms with Crippen molar-refractivity contribution in [3.63, 3.8) is 0 Å². The lowest BCUT2D eigenvalue weighted by atomic mass is 10.2. The number of hydrogen-bond donors (Lipinski definition) is 0. The van der Waals surface area contributed by atoms with E-state index in [1.807, 2.05) is 0 Å². The molecule has 1 aromatic heterocycles. The van der Waals surface area contributed by atoms with Gasteiger partial charge in [0.1, 0.15) is 5.75 Å². The summed E-state index contributed by atoms with van der Waals surface area (Å²) < 4.78 is 11.9. The largest absolute Gasteiger partial charge is 0.496 e. The smallest absolute Gasteiger partial charge is 0.299 e. The van der Waals surface area contributed by atoms with Crippen molar-refractivity contribution in [2.24, 2.45) is 0 Å². The Morgan fingerprint density at radius 2 is 2.00 bits per heavy atom. The van der Waals surface area contributed by atoms with Gasteiger partial charge in [0.05, 0.1) is 20.8 Å². The molecule has 20 heavy (non-hydrogen) atoms. The maximum atomic E-state index is 12.1. The number of methoxy groups -OCH3 is 2. The number of ether oxygens (including phenoxy) is 2. The van der Waals surface area contributed by atoms with Gasteiger partial charge in [0.25, 0.3) is 11.6 Å². The lowest BCUT2D eigenvalue weighted by Crippen LogP contribution is -2.23. The summed E-state index contributed by atoms with van der Waals surface area (Å²) >= 11 is 5.99. The lowest BCUT2D eigenvalue weighted by Gasteiger charge is -2.13. The van der Waals surface area contributed by atoms with Crippen LogP contribution in [0.15, 0.2) is 29.1 Å². The average molecular weight is 295 g/mol. The molecule has 0 amide bonds. The maximum absolute atomic E-state index is 12.1. The first kappa shape index (κ1) is 14.4. The fourth-order valence-corrected chi connectivity index (χ4v) is 2.13. The molecule has 0 aliphatic heterocycles. The van der Waals surface area contributed by atoms with Crippen LogP contribution in [0.3, 0.4) is 0 Å². The van der Waals surface area contributed by atoms with Crippen LogP contribution in [0, 0.1) is 6.92 Å². The van der Waals surface area contributed by atoms with Gasteiger partial charge in [-0.05, 0) is 25.1 Å². The molecule has 0 aliphatic carbocycles. The Morgan fingerprint density at radius 3 is 2.65 bits per heavy atom. The fraction of sp³-hybridized carbons (Fsp3) is 0.286. The number of aromatic nitrogens is 2. The number of hydrogen-bond acceptors (Lipinski definition) is 4. The number of halogens is 1. The number of aryl methyl sites for hydroxylation is 1. The molecule has 5 nitrogen and oxygen atoms in total. The van der Waals surface area contributed by atoms with Crippen LogP contribution >= 0.6 is 11.6 Å². The molecule has 1 aromatic carbocycles. The van der Waals surface area contributed by atoms with Gasteiger partial charge in [-0.2, -0.15) is 0 Å². The second-order valence-corrected chi connectivity index (χ2v) is 4.70. The van der Waals surface area contributed by atoms with Gasteiger partial charge in [-0.3, -0.25) is 9.36 Å². The van der Waals surface area contributed by atoms with Crippen LogP contribution in [-0.2, 0) is 6.54 Å². The first-order valence-corrected chi connectivity index (χ1v) is 6.38. The van der Waals surface area contributed by atoms with E-state index in [0.717, 1.165) is 5.56 Å². The van der Waals surface area contributed by atoms with Crippen LogP contribution in [-0.4, -0.2) is 23.8 Å². The third-order valence-corrected chi connectivity index (χ3v) is 3.09. The summed E-state index contributed by atoms with van der Waals surface area (Å²) in [4.78, 5) is 16.3. The monoisotopic (exact) mass is 294 g/mol.